The normalized spacial score (nSPS) is 12.8. The van der Waals surface area contributed by atoms with E-state index < -0.39 is 6.10 Å². The van der Waals surface area contributed by atoms with E-state index in [1.807, 2.05) is 20.8 Å². The first-order valence-electron chi connectivity index (χ1n) is 6.22. The van der Waals surface area contributed by atoms with Gasteiger partial charge in [-0.05, 0) is 18.8 Å². The predicted molar refractivity (Wildman–Crippen MR) is 67.9 cm³/mol. The highest BCUT2D eigenvalue weighted by Gasteiger charge is 2.10. The van der Waals surface area contributed by atoms with Crippen molar-refractivity contribution >= 4 is 5.95 Å². The maximum Gasteiger partial charge on any atom is 0.243 e. The highest BCUT2D eigenvalue weighted by Crippen LogP contribution is 2.07. The van der Waals surface area contributed by atoms with Crippen molar-refractivity contribution in [3.8, 4) is 0 Å². The third kappa shape index (κ3) is 3.93. The molecule has 1 heterocycles. The summed E-state index contributed by atoms with van der Waals surface area (Å²) in [4.78, 5) is 4.40. The number of nitrogens with one attached hydrogen (secondary N) is 1. The van der Waals surface area contributed by atoms with E-state index in [0.717, 1.165) is 24.2 Å². The zero-order valence-electron chi connectivity index (χ0n) is 11.1. The molecule has 0 saturated heterocycles. The Hall–Kier alpha value is -1.23. The van der Waals surface area contributed by atoms with Gasteiger partial charge in [-0.2, -0.15) is 5.10 Å². The summed E-state index contributed by atoms with van der Waals surface area (Å²) in [6, 6.07) is 0. The molecule has 0 aliphatic carbocycles. The maximum atomic E-state index is 9.68. The van der Waals surface area contributed by atoms with Crippen LogP contribution in [-0.2, 0) is 12.8 Å². The molecule has 0 radical (unpaired) electrons. The minimum Gasteiger partial charge on any atom is -0.391 e. The Kier molecular flexibility index (Phi) is 5.28. The molecule has 0 amide bonds. The van der Waals surface area contributed by atoms with Crippen molar-refractivity contribution in [3.05, 3.63) is 11.4 Å². The maximum absolute atomic E-state index is 9.68. The van der Waals surface area contributed by atoms with Gasteiger partial charge in [0.15, 0.2) is 0 Å². The molecule has 17 heavy (non-hydrogen) atoms. The van der Waals surface area contributed by atoms with Crippen molar-refractivity contribution in [2.24, 2.45) is 5.92 Å². The van der Waals surface area contributed by atoms with E-state index in [2.05, 4.69) is 27.4 Å². The zero-order valence-corrected chi connectivity index (χ0v) is 11.1. The second-order valence-electron chi connectivity index (χ2n) is 4.43. The summed E-state index contributed by atoms with van der Waals surface area (Å²) in [6.07, 6.45) is 1.30. The molecule has 0 saturated carbocycles. The Morgan fingerprint density at radius 1 is 1.12 bits per heavy atom. The summed E-state index contributed by atoms with van der Waals surface area (Å²) in [7, 11) is 0. The number of aliphatic hydroxyl groups is 1. The first-order chi connectivity index (χ1) is 8.08. The van der Waals surface area contributed by atoms with Crippen LogP contribution in [0.4, 0.5) is 5.95 Å². The summed E-state index contributed by atoms with van der Waals surface area (Å²) >= 11 is 0. The zero-order chi connectivity index (χ0) is 12.8. The lowest BCUT2D eigenvalue weighted by Gasteiger charge is -2.15. The smallest absolute Gasteiger partial charge is 0.243 e. The quantitative estimate of drug-likeness (QED) is 0.784. The molecule has 0 spiro atoms. The van der Waals surface area contributed by atoms with E-state index in [1.54, 1.807) is 0 Å². The van der Waals surface area contributed by atoms with Crippen LogP contribution >= 0.6 is 0 Å². The molecule has 5 nitrogen and oxygen atoms in total. The molecule has 1 atom stereocenters. The molecule has 2 N–H and O–H groups in total. The van der Waals surface area contributed by atoms with Gasteiger partial charge in [-0.1, -0.05) is 27.7 Å². The minimum absolute atomic E-state index is 0.219. The van der Waals surface area contributed by atoms with Gasteiger partial charge in [-0.25, -0.2) is 4.98 Å². The molecule has 0 aliphatic rings. The molecule has 5 heteroatoms. The van der Waals surface area contributed by atoms with Gasteiger partial charge >= 0.3 is 0 Å². The van der Waals surface area contributed by atoms with E-state index in [-0.39, 0.29) is 5.92 Å². The summed E-state index contributed by atoms with van der Waals surface area (Å²) in [5.41, 5.74) is 1.92. The number of anilines is 1. The highest BCUT2D eigenvalue weighted by molar-refractivity contribution is 5.25. The van der Waals surface area contributed by atoms with Gasteiger partial charge in [0.2, 0.25) is 5.95 Å². The molecule has 0 fully saturated rings. The van der Waals surface area contributed by atoms with E-state index in [1.165, 1.54) is 0 Å². The van der Waals surface area contributed by atoms with Crippen LogP contribution in [-0.4, -0.2) is 32.9 Å². The van der Waals surface area contributed by atoms with Crippen molar-refractivity contribution in [3.63, 3.8) is 0 Å². The number of aryl methyl sites for hydroxylation is 2. The fraction of sp³-hybridized carbons (Fsp3) is 0.750. The number of nitrogens with zero attached hydrogens (tertiary/aromatic N) is 3. The number of aromatic nitrogens is 3. The Balaban J connectivity index is 2.66. The van der Waals surface area contributed by atoms with Crippen molar-refractivity contribution in [1.82, 2.24) is 15.2 Å². The molecular weight excluding hydrogens is 216 g/mol. The second kappa shape index (κ2) is 6.49. The van der Waals surface area contributed by atoms with E-state index >= 15 is 0 Å². The topological polar surface area (TPSA) is 70.9 Å². The van der Waals surface area contributed by atoms with Crippen LogP contribution in [0.3, 0.4) is 0 Å². The van der Waals surface area contributed by atoms with Crippen molar-refractivity contribution in [2.75, 3.05) is 11.9 Å². The van der Waals surface area contributed by atoms with Crippen LogP contribution in [0.15, 0.2) is 0 Å². The summed E-state index contributed by atoms with van der Waals surface area (Å²) < 4.78 is 0. The summed E-state index contributed by atoms with van der Waals surface area (Å²) in [6.45, 7) is 8.50. The Morgan fingerprint density at radius 3 is 2.29 bits per heavy atom. The number of aliphatic hydroxyl groups excluding tert-OH is 1. The van der Waals surface area contributed by atoms with E-state index in [9.17, 15) is 5.11 Å². The largest absolute Gasteiger partial charge is 0.391 e. The predicted octanol–water partition coefficient (Wildman–Crippen LogP) is 1.43. The summed E-state index contributed by atoms with van der Waals surface area (Å²) in [5.74, 6) is 0.717. The molecule has 96 valence electrons. The van der Waals surface area contributed by atoms with Crippen molar-refractivity contribution < 1.29 is 5.11 Å². The minimum atomic E-state index is -0.394. The van der Waals surface area contributed by atoms with Gasteiger partial charge in [0, 0.05) is 6.54 Å². The molecule has 1 aromatic rings. The van der Waals surface area contributed by atoms with Gasteiger partial charge in [0.25, 0.3) is 0 Å². The molecule has 0 aliphatic heterocycles. The third-order valence-electron chi connectivity index (χ3n) is 2.75. The Morgan fingerprint density at radius 2 is 1.76 bits per heavy atom. The lowest BCUT2D eigenvalue weighted by atomic mass is 10.1. The number of rotatable bonds is 6. The first-order valence-corrected chi connectivity index (χ1v) is 6.22. The first kappa shape index (κ1) is 13.8. The molecule has 0 aromatic carbocycles. The van der Waals surface area contributed by atoms with Gasteiger partial charge in [-0.3, -0.25) is 0 Å². The molecular formula is C12H22N4O. The van der Waals surface area contributed by atoms with E-state index in [4.69, 9.17) is 0 Å². The van der Waals surface area contributed by atoms with Gasteiger partial charge in [-0.15, -0.1) is 5.10 Å². The lowest BCUT2D eigenvalue weighted by molar-refractivity contribution is 0.137. The molecule has 1 aromatic heterocycles. The van der Waals surface area contributed by atoms with Gasteiger partial charge in [0.1, 0.15) is 0 Å². The van der Waals surface area contributed by atoms with Crippen LogP contribution < -0.4 is 5.32 Å². The average Bonchev–Trinajstić information content (AvgIpc) is 2.35. The van der Waals surface area contributed by atoms with Crippen molar-refractivity contribution in [2.45, 2.75) is 46.6 Å². The van der Waals surface area contributed by atoms with Crippen LogP contribution in [0, 0.1) is 5.92 Å². The second-order valence-corrected chi connectivity index (χ2v) is 4.43. The average molecular weight is 238 g/mol. The Labute approximate surface area is 103 Å². The highest BCUT2D eigenvalue weighted by atomic mass is 16.3. The Bertz CT molecular complexity index is 354. The fourth-order valence-electron chi connectivity index (χ4n) is 1.44. The van der Waals surface area contributed by atoms with Crippen molar-refractivity contribution in [1.29, 1.82) is 0 Å². The molecule has 0 bridgehead atoms. The van der Waals surface area contributed by atoms with Gasteiger partial charge < -0.3 is 10.4 Å². The van der Waals surface area contributed by atoms with Crippen LogP contribution in [0.2, 0.25) is 0 Å². The standard InChI is InChI=1S/C12H22N4O/c1-5-9-10(6-2)15-16-12(14-9)13-7-11(17)8(3)4/h8,11,17H,5-7H2,1-4H3,(H,13,14,16). The van der Waals surface area contributed by atoms with Crippen LogP contribution in [0.1, 0.15) is 39.1 Å². The van der Waals surface area contributed by atoms with E-state index in [0.29, 0.717) is 12.5 Å². The number of hydrogen-bond donors (Lipinski definition) is 2. The molecule has 1 unspecified atom stereocenters. The van der Waals surface area contributed by atoms with Gasteiger partial charge in [0.05, 0.1) is 17.5 Å². The van der Waals surface area contributed by atoms with Crippen LogP contribution in [0.5, 0.6) is 0 Å². The van der Waals surface area contributed by atoms with Crippen LogP contribution in [0.25, 0.3) is 0 Å². The number of hydrogen-bond acceptors (Lipinski definition) is 5. The summed E-state index contributed by atoms with van der Waals surface area (Å²) in [5, 5.41) is 20.8. The third-order valence-corrected chi connectivity index (χ3v) is 2.75. The SMILES string of the molecule is CCc1nnc(NCC(O)C(C)C)nc1CC. The monoisotopic (exact) mass is 238 g/mol. The lowest BCUT2D eigenvalue weighted by Crippen LogP contribution is -2.25. The molecule has 1 rings (SSSR count). The fourth-order valence-corrected chi connectivity index (χ4v) is 1.44.